The summed E-state index contributed by atoms with van der Waals surface area (Å²) in [5.74, 6) is 0. The predicted octanol–water partition coefficient (Wildman–Crippen LogP) is -0.0231. The maximum atomic E-state index is 8.43. The van der Waals surface area contributed by atoms with E-state index < -0.39 is 4.93 Å². The van der Waals surface area contributed by atoms with Gasteiger partial charge >= 0.3 is 0 Å². The molecule has 4 nitrogen and oxygen atoms in total. The Hall–Kier alpha value is -0.290. The van der Waals surface area contributed by atoms with E-state index >= 15 is 0 Å². The second kappa shape index (κ2) is 4.86. The van der Waals surface area contributed by atoms with Crippen molar-refractivity contribution in [2.75, 3.05) is 0 Å². The number of nitrogens with zero attached hydrogens (tertiary/aromatic N) is 1. The van der Waals surface area contributed by atoms with Crippen LogP contribution in [0.1, 0.15) is 13.8 Å². The minimum atomic E-state index is -0.694. The zero-order valence-corrected chi connectivity index (χ0v) is 5.71. The number of hydrogen-bond acceptors (Lipinski definition) is 4. The van der Waals surface area contributed by atoms with E-state index in [4.69, 9.17) is 15.2 Å². The lowest BCUT2D eigenvalue weighted by Crippen LogP contribution is -2.11. The molecular weight excluding hydrogens is 130 g/mol. The standard InChI is InChI=1S/C3H8OS.HNO2/c1-3(2,4)5;2-1-3/h4-5H,1-2H3;(H,2,3). The average molecular weight is 139 g/mol. The third-order valence-electron chi connectivity index (χ3n) is 0. The van der Waals surface area contributed by atoms with E-state index in [1.165, 1.54) is 0 Å². The Kier molecular flexibility index (Phi) is 6.47. The molecule has 8 heavy (non-hydrogen) atoms. The summed E-state index contributed by atoms with van der Waals surface area (Å²) in [6, 6.07) is 0. The van der Waals surface area contributed by atoms with Gasteiger partial charge in [0.1, 0.15) is 0 Å². The number of hydrogen-bond donors (Lipinski definition) is 1. The molecule has 0 aliphatic carbocycles. The molecule has 0 spiro atoms. The minimum Gasteiger partial charge on any atom is -0.444 e. The molecule has 0 unspecified atom stereocenters. The summed E-state index contributed by atoms with van der Waals surface area (Å²) in [4.78, 5) is 7.31. The van der Waals surface area contributed by atoms with Crippen LogP contribution in [0.3, 0.4) is 0 Å². The van der Waals surface area contributed by atoms with E-state index in [9.17, 15) is 0 Å². The molecule has 0 rings (SSSR count). The maximum absolute atomic E-state index is 8.43. The molecule has 5 heteroatoms. The summed E-state index contributed by atoms with van der Waals surface area (Å²) < 4.78 is 0. The third-order valence-corrected chi connectivity index (χ3v) is 0. The van der Waals surface area contributed by atoms with Crippen molar-refractivity contribution < 1.29 is 5.11 Å². The Bertz CT molecular complexity index is 54.0. The predicted molar refractivity (Wildman–Crippen MR) is 35.6 cm³/mol. The fraction of sp³-hybridized carbons (Fsp3) is 1.00. The van der Waals surface area contributed by atoms with Crippen LogP contribution in [0.5, 0.6) is 0 Å². The van der Waals surface area contributed by atoms with Crippen LogP contribution in [0.15, 0.2) is 5.34 Å². The van der Waals surface area contributed by atoms with Crippen molar-refractivity contribution >= 4 is 12.6 Å². The number of rotatable bonds is 0. The smallest absolute Gasteiger partial charge is 0.215 e. The largest absolute Gasteiger partial charge is 0.444 e. The Morgan fingerprint density at radius 1 is 1.75 bits per heavy atom. The summed E-state index contributed by atoms with van der Waals surface area (Å²) in [5.41, 5.74) is 0. The van der Waals surface area contributed by atoms with Crippen LogP contribution in [-0.2, 0) is 12.6 Å². The highest BCUT2D eigenvalue weighted by molar-refractivity contribution is 7.60. The summed E-state index contributed by atoms with van der Waals surface area (Å²) in [7, 11) is 0. The van der Waals surface area contributed by atoms with Crippen LogP contribution >= 0.6 is 0 Å². The van der Waals surface area contributed by atoms with E-state index in [0.29, 0.717) is 0 Å². The Morgan fingerprint density at radius 3 is 1.75 bits per heavy atom. The molecule has 0 fully saturated rings. The van der Waals surface area contributed by atoms with Crippen LogP contribution < -0.4 is 0 Å². The van der Waals surface area contributed by atoms with Gasteiger partial charge in [-0.2, -0.15) is 0 Å². The summed E-state index contributed by atoms with van der Waals surface area (Å²) in [6.07, 6.45) is 0. The normalized spacial score (nSPS) is 9.00. The molecule has 0 saturated carbocycles. The first kappa shape index (κ1) is 10.6. The lowest BCUT2D eigenvalue weighted by atomic mass is 10.5. The zero-order chi connectivity index (χ0) is 7.21. The lowest BCUT2D eigenvalue weighted by molar-refractivity contribution is 0.180. The van der Waals surface area contributed by atoms with Crippen LogP contribution in [0, 0.1) is 10.1 Å². The van der Waals surface area contributed by atoms with Crippen molar-refractivity contribution in [1.29, 1.82) is 0 Å². The molecule has 50 valence electrons. The second-order valence-electron chi connectivity index (χ2n) is 1.63. The van der Waals surface area contributed by atoms with Crippen molar-refractivity contribution in [3.05, 3.63) is 10.1 Å². The molecule has 0 radical (unpaired) electrons. The molecule has 0 aromatic carbocycles. The molecule has 0 heterocycles. The Labute approximate surface area is 52.9 Å². The van der Waals surface area contributed by atoms with Gasteiger partial charge in [-0.05, 0) is 12.6 Å². The highest BCUT2D eigenvalue weighted by atomic mass is 32.1. The molecule has 0 bridgehead atoms. The van der Waals surface area contributed by atoms with Crippen LogP contribution in [0.4, 0.5) is 0 Å². The maximum Gasteiger partial charge on any atom is 0.215 e. The molecule has 0 aromatic rings. The van der Waals surface area contributed by atoms with Crippen LogP contribution in [0.2, 0.25) is 0 Å². The fourth-order valence-corrected chi connectivity index (χ4v) is 0. The van der Waals surface area contributed by atoms with Gasteiger partial charge in [0.25, 0.3) is 0 Å². The van der Waals surface area contributed by atoms with Gasteiger partial charge in [0.05, 0.1) is 0 Å². The first-order valence-electron chi connectivity index (χ1n) is 1.84. The molecular formula is C3H9NO3S. The van der Waals surface area contributed by atoms with Crippen molar-refractivity contribution in [3.63, 3.8) is 0 Å². The molecule has 0 aliphatic heterocycles. The van der Waals surface area contributed by atoms with Gasteiger partial charge in [0.2, 0.25) is 4.93 Å². The Morgan fingerprint density at radius 2 is 1.75 bits per heavy atom. The van der Waals surface area contributed by atoms with Crippen molar-refractivity contribution in [2.45, 2.75) is 18.8 Å². The summed E-state index contributed by atoms with van der Waals surface area (Å²) >= 11 is 2.97. The highest BCUT2D eigenvalue weighted by Crippen LogP contribution is 1.91. The van der Waals surface area contributed by atoms with Crippen LogP contribution in [0.25, 0.3) is 0 Å². The van der Waals surface area contributed by atoms with Crippen molar-refractivity contribution in [1.82, 2.24) is 0 Å². The van der Waals surface area contributed by atoms with E-state index in [1.54, 1.807) is 13.8 Å². The monoisotopic (exact) mass is 139 g/mol. The van der Waals surface area contributed by atoms with Gasteiger partial charge in [-0.25, -0.2) is 0 Å². The number of aliphatic hydroxyl groups is 1. The third kappa shape index (κ3) is 1510. The van der Waals surface area contributed by atoms with Gasteiger partial charge < -0.3 is 15.2 Å². The van der Waals surface area contributed by atoms with Crippen molar-refractivity contribution in [3.8, 4) is 0 Å². The highest BCUT2D eigenvalue weighted by Gasteiger charge is 2.08. The lowest BCUT2D eigenvalue weighted by Gasteiger charge is -1.95. The van der Waals surface area contributed by atoms with Crippen LogP contribution in [-0.4, -0.2) is 10.0 Å². The summed E-state index contributed by atoms with van der Waals surface area (Å²) in [5, 5.41) is 17.4. The zero-order valence-electron chi connectivity index (χ0n) is 4.71. The molecule has 0 atom stereocenters. The quantitative estimate of drug-likeness (QED) is 0.291. The second-order valence-corrected chi connectivity index (χ2v) is 2.86. The summed E-state index contributed by atoms with van der Waals surface area (Å²) in [6.45, 7) is 3.31. The van der Waals surface area contributed by atoms with E-state index in [0.717, 1.165) is 5.34 Å². The van der Waals surface area contributed by atoms with Gasteiger partial charge in [-0.15, -0.1) is 5.34 Å². The van der Waals surface area contributed by atoms with E-state index in [-0.39, 0.29) is 0 Å². The first-order chi connectivity index (χ1) is 3.41. The molecule has 1 N–H and O–H groups in total. The Balaban J connectivity index is 0. The molecule has 0 saturated heterocycles. The topological polar surface area (TPSA) is 72.7 Å². The van der Waals surface area contributed by atoms with Gasteiger partial charge in [0, 0.05) is 13.8 Å². The van der Waals surface area contributed by atoms with E-state index in [2.05, 4.69) is 12.6 Å². The first-order valence-corrected chi connectivity index (χ1v) is 2.34. The molecule has 0 aromatic heterocycles. The van der Waals surface area contributed by atoms with Gasteiger partial charge in [-0.3, -0.25) is 0 Å². The minimum absolute atomic E-state index is 0.694. The fourth-order valence-electron chi connectivity index (χ4n) is 0. The van der Waals surface area contributed by atoms with Gasteiger partial charge in [0.15, 0.2) is 0 Å². The van der Waals surface area contributed by atoms with E-state index in [1.807, 2.05) is 0 Å². The van der Waals surface area contributed by atoms with Crippen molar-refractivity contribution in [2.24, 2.45) is 5.34 Å². The molecule has 0 amide bonds. The SMILES string of the molecule is CC(C)(O)[SH2+].O=N[O-]. The molecule has 0 aliphatic rings. The average Bonchev–Trinajstić information content (AvgIpc) is 1.27. The van der Waals surface area contributed by atoms with Gasteiger partial charge in [-0.1, -0.05) is 0 Å².